The van der Waals surface area contributed by atoms with E-state index in [1.807, 2.05) is 55.5 Å². The van der Waals surface area contributed by atoms with Crippen LogP contribution in [0, 0.1) is 13.8 Å². The molecule has 0 atom stereocenters. The Bertz CT molecular complexity index is 1200. The summed E-state index contributed by atoms with van der Waals surface area (Å²) in [5.41, 5.74) is 6.21. The first-order valence-corrected chi connectivity index (χ1v) is 10.8. The summed E-state index contributed by atoms with van der Waals surface area (Å²) >= 11 is 5.91. The summed E-state index contributed by atoms with van der Waals surface area (Å²) in [5.74, 6) is -0.397. The standard InChI is InChI=1S/C26H24ClN3O2/c1-17-7-10-20(13-18(17)2)23-14-26(32)30(24-6-4-3-5-22(24)29-23)16-25(31)28-15-19-8-11-21(27)12-9-19/h3-13H,14-16H2,1-2H3,(H,28,31). The van der Waals surface area contributed by atoms with Gasteiger partial charge in [0.1, 0.15) is 6.54 Å². The van der Waals surface area contributed by atoms with Gasteiger partial charge >= 0.3 is 0 Å². The van der Waals surface area contributed by atoms with E-state index in [0.717, 1.165) is 16.7 Å². The lowest BCUT2D eigenvalue weighted by atomic mass is 10.0. The third-order valence-electron chi connectivity index (χ3n) is 5.59. The Labute approximate surface area is 192 Å². The van der Waals surface area contributed by atoms with E-state index in [1.165, 1.54) is 10.5 Å². The molecular formula is C26H24ClN3O2. The molecule has 3 aromatic rings. The number of carbonyl (C=O) groups excluding carboxylic acids is 2. The van der Waals surface area contributed by atoms with Gasteiger partial charge in [0, 0.05) is 11.6 Å². The van der Waals surface area contributed by atoms with Crippen LogP contribution in [-0.4, -0.2) is 24.1 Å². The number of carbonyl (C=O) groups is 2. The number of hydrogen-bond donors (Lipinski definition) is 1. The third-order valence-corrected chi connectivity index (χ3v) is 5.84. The minimum absolute atomic E-state index is 0.0703. The zero-order valence-corrected chi connectivity index (χ0v) is 18.8. The number of aryl methyl sites for hydroxylation is 2. The highest BCUT2D eigenvalue weighted by atomic mass is 35.5. The molecule has 0 aliphatic carbocycles. The van der Waals surface area contributed by atoms with Gasteiger partial charge in [-0.2, -0.15) is 0 Å². The lowest BCUT2D eigenvalue weighted by Gasteiger charge is -2.22. The molecule has 0 bridgehead atoms. The Hall–Kier alpha value is -3.44. The number of amides is 2. The fraction of sp³-hybridized carbons (Fsp3) is 0.192. The Morgan fingerprint density at radius 1 is 1.03 bits per heavy atom. The predicted octanol–water partition coefficient (Wildman–Crippen LogP) is 5.13. The van der Waals surface area contributed by atoms with Crippen molar-refractivity contribution in [1.82, 2.24) is 5.32 Å². The molecule has 0 saturated carbocycles. The first-order chi connectivity index (χ1) is 15.4. The summed E-state index contributed by atoms with van der Waals surface area (Å²) in [7, 11) is 0. The number of anilines is 1. The van der Waals surface area contributed by atoms with Gasteiger partial charge in [0.25, 0.3) is 0 Å². The molecule has 0 spiro atoms. The van der Waals surface area contributed by atoms with Crippen molar-refractivity contribution in [3.63, 3.8) is 0 Å². The van der Waals surface area contributed by atoms with Crippen LogP contribution in [0.15, 0.2) is 71.7 Å². The molecule has 0 aromatic heterocycles. The summed E-state index contributed by atoms with van der Waals surface area (Å²) in [5, 5.41) is 3.53. The van der Waals surface area contributed by atoms with Crippen LogP contribution in [-0.2, 0) is 16.1 Å². The zero-order chi connectivity index (χ0) is 22.7. The summed E-state index contributed by atoms with van der Waals surface area (Å²) in [6.45, 7) is 4.39. The molecular weight excluding hydrogens is 422 g/mol. The van der Waals surface area contributed by atoms with Crippen molar-refractivity contribution < 1.29 is 9.59 Å². The number of para-hydroxylation sites is 2. The number of hydrogen-bond acceptors (Lipinski definition) is 3. The van der Waals surface area contributed by atoms with Gasteiger partial charge in [-0.15, -0.1) is 0 Å². The van der Waals surface area contributed by atoms with Crippen LogP contribution in [0.5, 0.6) is 0 Å². The summed E-state index contributed by atoms with van der Waals surface area (Å²) in [6.07, 6.45) is 0.127. The summed E-state index contributed by atoms with van der Waals surface area (Å²) in [4.78, 5) is 32.2. The Morgan fingerprint density at radius 2 is 1.78 bits per heavy atom. The van der Waals surface area contributed by atoms with Crippen molar-refractivity contribution in [3.05, 3.63) is 94.0 Å². The summed E-state index contributed by atoms with van der Waals surface area (Å²) in [6, 6.07) is 20.8. The molecule has 6 heteroatoms. The molecule has 3 aromatic carbocycles. The highest BCUT2D eigenvalue weighted by Crippen LogP contribution is 2.33. The lowest BCUT2D eigenvalue weighted by molar-refractivity contribution is -0.123. The first-order valence-electron chi connectivity index (χ1n) is 10.5. The van der Waals surface area contributed by atoms with Crippen LogP contribution in [0.25, 0.3) is 0 Å². The van der Waals surface area contributed by atoms with E-state index in [2.05, 4.69) is 18.3 Å². The molecule has 4 rings (SSSR count). The number of benzene rings is 3. The highest BCUT2D eigenvalue weighted by Gasteiger charge is 2.26. The van der Waals surface area contributed by atoms with E-state index in [9.17, 15) is 9.59 Å². The van der Waals surface area contributed by atoms with E-state index in [1.54, 1.807) is 12.1 Å². The van der Waals surface area contributed by atoms with Crippen LogP contribution < -0.4 is 10.2 Å². The second-order valence-corrected chi connectivity index (χ2v) is 8.34. The van der Waals surface area contributed by atoms with Crippen molar-refractivity contribution in [3.8, 4) is 0 Å². The number of aliphatic imine (C=N–C) groups is 1. The summed E-state index contributed by atoms with van der Waals surface area (Å²) < 4.78 is 0. The SMILES string of the molecule is Cc1ccc(C2=Nc3ccccc3N(CC(=O)NCc3ccc(Cl)cc3)C(=O)C2)cc1C. The molecule has 1 N–H and O–H groups in total. The molecule has 0 fully saturated rings. The van der Waals surface area contributed by atoms with Gasteiger partial charge in [-0.25, -0.2) is 0 Å². The van der Waals surface area contributed by atoms with Crippen molar-refractivity contribution in [1.29, 1.82) is 0 Å². The molecule has 1 heterocycles. The quantitative estimate of drug-likeness (QED) is 0.591. The molecule has 0 radical (unpaired) electrons. The van der Waals surface area contributed by atoms with E-state index < -0.39 is 0 Å². The van der Waals surface area contributed by atoms with Gasteiger partial charge in [-0.1, -0.05) is 48.0 Å². The minimum atomic E-state index is -0.238. The normalized spacial score (nSPS) is 13.3. The molecule has 32 heavy (non-hydrogen) atoms. The van der Waals surface area contributed by atoms with Crippen molar-refractivity contribution in [2.75, 3.05) is 11.4 Å². The molecule has 2 amide bonds. The number of nitrogens with zero attached hydrogens (tertiary/aromatic N) is 2. The van der Waals surface area contributed by atoms with E-state index in [0.29, 0.717) is 28.7 Å². The van der Waals surface area contributed by atoms with Gasteiger partial charge in [0.2, 0.25) is 11.8 Å². The van der Waals surface area contributed by atoms with Gasteiger partial charge in [-0.05, 0) is 66.4 Å². The molecule has 162 valence electrons. The maximum Gasteiger partial charge on any atom is 0.240 e. The monoisotopic (exact) mass is 445 g/mol. The maximum absolute atomic E-state index is 13.2. The smallest absolute Gasteiger partial charge is 0.240 e. The molecule has 1 aliphatic rings. The van der Waals surface area contributed by atoms with Gasteiger partial charge in [0.05, 0.1) is 23.5 Å². The average molecular weight is 446 g/mol. The number of rotatable bonds is 5. The van der Waals surface area contributed by atoms with Crippen molar-refractivity contribution >= 4 is 40.5 Å². The topological polar surface area (TPSA) is 61.8 Å². The first kappa shape index (κ1) is 21.8. The van der Waals surface area contributed by atoms with Crippen LogP contribution in [0.1, 0.15) is 28.7 Å². The largest absolute Gasteiger partial charge is 0.350 e. The Balaban J connectivity index is 1.54. The van der Waals surface area contributed by atoms with E-state index >= 15 is 0 Å². The number of fused-ring (bicyclic) bond motifs is 1. The van der Waals surface area contributed by atoms with E-state index in [4.69, 9.17) is 16.6 Å². The number of nitrogens with one attached hydrogen (secondary N) is 1. The Kier molecular flexibility index (Phi) is 6.37. The fourth-order valence-electron chi connectivity index (χ4n) is 3.61. The van der Waals surface area contributed by atoms with E-state index in [-0.39, 0.29) is 24.8 Å². The third kappa shape index (κ3) is 4.89. The zero-order valence-electron chi connectivity index (χ0n) is 18.1. The fourth-order valence-corrected chi connectivity index (χ4v) is 3.73. The van der Waals surface area contributed by atoms with Crippen LogP contribution >= 0.6 is 11.6 Å². The second-order valence-electron chi connectivity index (χ2n) is 7.91. The van der Waals surface area contributed by atoms with Crippen LogP contribution in [0.3, 0.4) is 0 Å². The maximum atomic E-state index is 13.2. The van der Waals surface area contributed by atoms with Gasteiger partial charge in [-0.3, -0.25) is 14.6 Å². The predicted molar refractivity (Wildman–Crippen MR) is 129 cm³/mol. The molecule has 1 aliphatic heterocycles. The van der Waals surface area contributed by atoms with Crippen molar-refractivity contribution in [2.45, 2.75) is 26.8 Å². The van der Waals surface area contributed by atoms with Crippen LogP contribution in [0.2, 0.25) is 5.02 Å². The minimum Gasteiger partial charge on any atom is -0.350 e. The average Bonchev–Trinajstić information content (AvgIpc) is 2.92. The molecule has 5 nitrogen and oxygen atoms in total. The highest BCUT2D eigenvalue weighted by molar-refractivity contribution is 6.30. The number of halogens is 1. The lowest BCUT2D eigenvalue weighted by Crippen LogP contribution is -2.41. The second kappa shape index (κ2) is 9.37. The van der Waals surface area contributed by atoms with Crippen molar-refractivity contribution in [2.24, 2.45) is 4.99 Å². The van der Waals surface area contributed by atoms with Crippen LogP contribution in [0.4, 0.5) is 11.4 Å². The molecule has 0 unspecified atom stereocenters. The van der Waals surface area contributed by atoms with Gasteiger partial charge < -0.3 is 10.2 Å². The Morgan fingerprint density at radius 3 is 2.53 bits per heavy atom. The molecule has 0 saturated heterocycles. The van der Waals surface area contributed by atoms with Gasteiger partial charge in [0.15, 0.2) is 0 Å².